The van der Waals surface area contributed by atoms with Gasteiger partial charge in [-0.1, -0.05) is 26.0 Å². The molecule has 0 aliphatic carbocycles. The van der Waals surface area contributed by atoms with Crippen molar-refractivity contribution in [2.45, 2.75) is 32.7 Å². The van der Waals surface area contributed by atoms with E-state index in [9.17, 15) is 14.0 Å². The Morgan fingerprint density at radius 1 is 1.33 bits per heavy atom. The molecule has 1 N–H and O–H groups in total. The van der Waals surface area contributed by atoms with E-state index < -0.39 is 5.82 Å². The third-order valence-corrected chi connectivity index (χ3v) is 3.68. The van der Waals surface area contributed by atoms with Gasteiger partial charge in [-0.05, 0) is 25.0 Å². The second-order valence-corrected chi connectivity index (χ2v) is 5.73. The summed E-state index contributed by atoms with van der Waals surface area (Å²) in [4.78, 5) is 25.7. The van der Waals surface area contributed by atoms with Crippen LogP contribution in [0.5, 0.6) is 0 Å². The molecule has 5 heteroatoms. The molecular formula is C16H21FN2O2. The maximum atomic E-state index is 13.7. The van der Waals surface area contributed by atoms with Crippen molar-refractivity contribution in [1.82, 2.24) is 10.2 Å². The van der Waals surface area contributed by atoms with Crippen molar-refractivity contribution in [2.75, 3.05) is 13.1 Å². The lowest BCUT2D eigenvalue weighted by Crippen LogP contribution is -2.50. The van der Waals surface area contributed by atoms with Gasteiger partial charge in [0.05, 0.1) is 5.56 Å². The zero-order valence-corrected chi connectivity index (χ0v) is 12.4. The van der Waals surface area contributed by atoms with Gasteiger partial charge in [-0.2, -0.15) is 0 Å². The van der Waals surface area contributed by atoms with Gasteiger partial charge in [-0.3, -0.25) is 9.59 Å². The van der Waals surface area contributed by atoms with Crippen LogP contribution in [0.15, 0.2) is 24.3 Å². The maximum absolute atomic E-state index is 13.7. The first-order valence-electron chi connectivity index (χ1n) is 7.33. The normalized spacial score (nSPS) is 18.7. The minimum atomic E-state index is -0.504. The lowest BCUT2D eigenvalue weighted by Gasteiger charge is -2.33. The number of piperidine rings is 1. The SMILES string of the molecule is CC(C)C(=O)NC1CCCN(C(=O)c2ccccc2F)C1. The summed E-state index contributed by atoms with van der Waals surface area (Å²) < 4.78 is 13.7. The minimum absolute atomic E-state index is 0.0137. The van der Waals surface area contributed by atoms with Crippen LogP contribution in [0, 0.1) is 11.7 Å². The molecule has 2 amide bonds. The highest BCUT2D eigenvalue weighted by Gasteiger charge is 2.27. The van der Waals surface area contributed by atoms with Crippen LogP contribution in [0.25, 0.3) is 0 Å². The number of nitrogens with zero attached hydrogens (tertiary/aromatic N) is 1. The lowest BCUT2D eigenvalue weighted by molar-refractivity contribution is -0.125. The number of nitrogens with one attached hydrogen (secondary N) is 1. The summed E-state index contributed by atoms with van der Waals surface area (Å²) in [5.74, 6) is -0.907. The zero-order chi connectivity index (χ0) is 15.4. The third kappa shape index (κ3) is 3.80. The fourth-order valence-corrected chi connectivity index (χ4v) is 2.45. The number of benzene rings is 1. The maximum Gasteiger partial charge on any atom is 0.256 e. The molecule has 21 heavy (non-hydrogen) atoms. The Bertz CT molecular complexity index is 531. The predicted molar refractivity (Wildman–Crippen MR) is 78.3 cm³/mol. The number of rotatable bonds is 3. The highest BCUT2D eigenvalue weighted by Crippen LogP contribution is 2.16. The topological polar surface area (TPSA) is 49.4 Å². The summed E-state index contributed by atoms with van der Waals surface area (Å²) in [5.41, 5.74) is 0.0911. The second-order valence-electron chi connectivity index (χ2n) is 5.73. The molecule has 1 unspecified atom stereocenters. The van der Waals surface area contributed by atoms with E-state index in [2.05, 4.69) is 5.32 Å². The molecule has 114 valence electrons. The van der Waals surface area contributed by atoms with Crippen molar-refractivity contribution < 1.29 is 14.0 Å². The Kier molecular flexibility index (Phi) is 4.94. The average Bonchev–Trinajstić information content (AvgIpc) is 2.47. The number of likely N-dealkylation sites (tertiary alicyclic amines) is 1. The van der Waals surface area contributed by atoms with Gasteiger partial charge in [-0.15, -0.1) is 0 Å². The van der Waals surface area contributed by atoms with Crippen LogP contribution in [0.4, 0.5) is 4.39 Å². The van der Waals surface area contributed by atoms with Crippen molar-refractivity contribution in [3.8, 4) is 0 Å². The van der Waals surface area contributed by atoms with Crippen LogP contribution in [0.3, 0.4) is 0 Å². The van der Waals surface area contributed by atoms with Crippen LogP contribution in [-0.4, -0.2) is 35.8 Å². The summed E-state index contributed by atoms with van der Waals surface area (Å²) in [6, 6.07) is 5.94. The second kappa shape index (κ2) is 6.70. The molecule has 1 fully saturated rings. The van der Waals surface area contributed by atoms with Gasteiger partial charge in [0.1, 0.15) is 5.82 Å². The van der Waals surface area contributed by atoms with Crippen molar-refractivity contribution in [3.05, 3.63) is 35.6 Å². The summed E-state index contributed by atoms with van der Waals surface area (Å²) in [6.45, 7) is 4.70. The Morgan fingerprint density at radius 2 is 2.05 bits per heavy atom. The van der Waals surface area contributed by atoms with Crippen LogP contribution in [0.2, 0.25) is 0 Å². The lowest BCUT2D eigenvalue weighted by atomic mass is 10.0. The van der Waals surface area contributed by atoms with Crippen LogP contribution >= 0.6 is 0 Å². The van der Waals surface area contributed by atoms with Gasteiger partial charge < -0.3 is 10.2 Å². The third-order valence-electron chi connectivity index (χ3n) is 3.68. The first kappa shape index (κ1) is 15.5. The van der Waals surface area contributed by atoms with E-state index in [1.165, 1.54) is 12.1 Å². The van der Waals surface area contributed by atoms with E-state index in [1.807, 2.05) is 13.8 Å². The Balaban J connectivity index is 2.02. The largest absolute Gasteiger partial charge is 0.351 e. The van der Waals surface area contributed by atoms with E-state index in [0.717, 1.165) is 12.8 Å². The van der Waals surface area contributed by atoms with Crippen LogP contribution in [0.1, 0.15) is 37.0 Å². The first-order chi connectivity index (χ1) is 9.99. The van der Waals surface area contributed by atoms with Gasteiger partial charge in [0, 0.05) is 25.0 Å². The Labute approximate surface area is 124 Å². The van der Waals surface area contributed by atoms with Gasteiger partial charge in [0.2, 0.25) is 5.91 Å². The van der Waals surface area contributed by atoms with E-state index in [-0.39, 0.29) is 29.3 Å². The Morgan fingerprint density at radius 3 is 2.71 bits per heavy atom. The summed E-state index contributed by atoms with van der Waals surface area (Å²) in [5, 5.41) is 2.94. The molecule has 1 aromatic carbocycles. The highest BCUT2D eigenvalue weighted by atomic mass is 19.1. The number of hydrogen-bond acceptors (Lipinski definition) is 2. The van der Waals surface area contributed by atoms with Gasteiger partial charge in [0.15, 0.2) is 0 Å². The fraction of sp³-hybridized carbons (Fsp3) is 0.500. The molecule has 0 radical (unpaired) electrons. The molecule has 0 aromatic heterocycles. The fourth-order valence-electron chi connectivity index (χ4n) is 2.45. The zero-order valence-electron chi connectivity index (χ0n) is 12.4. The number of carbonyl (C=O) groups excluding carboxylic acids is 2. The van der Waals surface area contributed by atoms with E-state index in [1.54, 1.807) is 17.0 Å². The van der Waals surface area contributed by atoms with Crippen LogP contribution in [-0.2, 0) is 4.79 Å². The van der Waals surface area contributed by atoms with E-state index in [0.29, 0.717) is 13.1 Å². The molecule has 1 aliphatic rings. The molecular weight excluding hydrogens is 271 g/mol. The van der Waals surface area contributed by atoms with Gasteiger partial charge in [-0.25, -0.2) is 4.39 Å². The molecule has 1 heterocycles. The molecule has 0 bridgehead atoms. The summed E-state index contributed by atoms with van der Waals surface area (Å²) in [7, 11) is 0. The Hall–Kier alpha value is -1.91. The minimum Gasteiger partial charge on any atom is -0.351 e. The summed E-state index contributed by atoms with van der Waals surface area (Å²) >= 11 is 0. The quantitative estimate of drug-likeness (QED) is 0.928. The van der Waals surface area contributed by atoms with E-state index in [4.69, 9.17) is 0 Å². The predicted octanol–water partition coefficient (Wildman–Crippen LogP) is 2.20. The van der Waals surface area contributed by atoms with Crippen molar-refractivity contribution in [3.63, 3.8) is 0 Å². The molecule has 1 atom stereocenters. The number of carbonyl (C=O) groups is 2. The molecule has 0 spiro atoms. The average molecular weight is 292 g/mol. The smallest absolute Gasteiger partial charge is 0.256 e. The van der Waals surface area contributed by atoms with E-state index >= 15 is 0 Å². The van der Waals surface area contributed by atoms with Crippen LogP contribution < -0.4 is 5.32 Å². The highest BCUT2D eigenvalue weighted by molar-refractivity contribution is 5.94. The van der Waals surface area contributed by atoms with Crippen molar-refractivity contribution >= 4 is 11.8 Å². The first-order valence-corrected chi connectivity index (χ1v) is 7.33. The molecule has 0 saturated carbocycles. The van der Waals surface area contributed by atoms with Crippen molar-refractivity contribution in [1.29, 1.82) is 0 Å². The van der Waals surface area contributed by atoms with Crippen molar-refractivity contribution in [2.24, 2.45) is 5.92 Å². The standard InChI is InChI=1S/C16H21FN2O2/c1-11(2)15(20)18-12-6-5-9-19(10-12)16(21)13-7-3-4-8-14(13)17/h3-4,7-8,11-12H,5-6,9-10H2,1-2H3,(H,18,20). The molecule has 1 aliphatic heterocycles. The molecule has 1 saturated heterocycles. The summed E-state index contributed by atoms with van der Waals surface area (Å²) in [6.07, 6.45) is 1.66. The number of halogens is 1. The molecule has 2 rings (SSSR count). The molecule has 4 nitrogen and oxygen atoms in total. The number of amides is 2. The van der Waals surface area contributed by atoms with Gasteiger partial charge in [0.25, 0.3) is 5.91 Å². The monoisotopic (exact) mass is 292 g/mol. The van der Waals surface area contributed by atoms with Gasteiger partial charge >= 0.3 is 0 Å². The molecule has 1 aromatic rings. The number of hydrogen-bond donors (Lipinski definition) is 1.